The molecule has 2 amide bonds. The summed E-state index contributed by atoms with van der Waals surface area (Å²) in [6.07, 6.45) is 3.20. The Morgan fingerprint density at radius 3 is 2.90 bits per heavy atom. The van der Waals surface area contributed by atoms with E-state index in [2.05, 4.69) is 6.92 Å². The fourth-order valence-corrected chi connectivity index (χ4v) is 3.22. The lowest BCUT2D eigenvalue weighted by atomic mass is 10.0. The molecule has 0 saturated carbocycles. The van der Waals surface area contributed by atoms with E-state index in [1.54, 1.807) is 21.1 Å². The zero-order valence-electron chi connectivity index (χ0n) is 12.2. The van der Waals surface area contributed by atoms with Gasteiger partial charge in [-0.15, -0.1) is 0 Å². The van der Waals surface area contributed by atoms with Gasteiger partial charge < -0.3 is 9.80 Å². The van der Waals surface area contributed by atoms with Crippen LogP contribution in [0.25, 0.3) is 0 Å². The van der Waals surface area contributed by atoms with E-state index in [4.69, 9.17) is 0 Å². The van der Waals surface area contributed by atoms with E-state index in [1.807, 2.05) is 23.9 Å². The number of nitrogens with zero attached hydrogens (tertiary/aromatic N) is 2. The molecule has 5 heteroatoms. The average Bonchev–Trinajstić information content (AvgIpc) is 2.93. The first kappa shape index (κ1) is 15.0. The Bertz CT molecular complexity index is 458. The topological polar surface area (TPSA) is 40.6 Å². The lowest BCUT2D eigenvalue weighted by Crippen LogP contribution is -2.57. The highest BCUT2D eigenvalue weighted by Gasteiger charge is 2.35. The number of amides is 2. The number of likely N-dealkylation sites (N-methyl/N-ethyl adjacent to an activating group) is 1. The van der Waals surface area contributed by atoms with E-state index in [1.165, 1.54) is 0 Å². The summed E-state index contributed by atoms with van der Waals surface area (Å²) in [5.74, 6) is 0.161. The molecule has 0 spiro atoms. The number of rotatable bonds is 5. The summed E-state index contributed by atoms with van der Waals surface area (Å²) >= 11 is 1.60. The highest BCUT2D eigenvalue weighted by Crippen LogP contribution is 2.18. The SMILES string of the molecule is CCCC[C@H]1C(=O)N(C)CCN1C(=O)Cc1ccsc1. The molecule has 1 fully saturated rings. The molecule has 1 atom stereocenters. The van der Waals surface area contributed by atoms with E-state index in [-0.39, 0.29) is 17.9 Å². The predicted octanol–water partition coefficient (Wildman–Crippen LogP) is 2.15. The molecule has 0 unspecified atom stereocenters. The van der Waals surface area contributed by atoms with Crippen molar-refractivity contribution in [3.63, 3.8) is 0 Å². The van der Waals surface area contributed by atoms with Crippen LogP contribution in [0.15, 0.2) is 16.8 Å². The zero-order chi connectivity index (χ0) is 14.5. The third-order valence-corrected chi connectivity index (χ3v) is 4.53. The van der Waals surface area contributed by atoms with Gasteiger partial charge in [0.15, 0.2) is 0 Å². The van der Waals surface area contributed by atoms with Gasteiger partial charge in [-0.3, -0.25) is 9.59 Å². The molecular weight excluding hydrogens is 272 g/mol. The first-order chi connectivity index (χ1) is 9.63. The Labute approximate surface area is 124 Å². The molecule has 1 saturated heterocycles. The number of carbonyl (C=O) groups excluding carboxylic acids is 2. The first-order valence-corrected chi connectivity index (χ1v) is 8.13. The van der Waals surface area contributed by atoms with Gasteiger partial charge in [-0.05, 0) is 28.8 Å². The summed E-state index contributed by atoms with van der Waals surface area (Å²) in [5.41, 5.74) is 1.04. The number of hydrogen-bond acceptors (Lipinski definition) is 3. The molecule has 4 nitrogen and oxygen atoms in total. The van der Waals surface area contributed by atoms with Crippen LogP contribution in [0.2, 0.25) is 0 Å². The maximum Gasteiger partial charge on any atom is 0.245 e. The van der Waals surface area contributed by atoms with Crippen LogP contribution in [0.4, 0.5) is 0 Å². The predicted molar refractivity (Wildman–Crippen MR) is 80.7 cm³/mol. The maximum atomic E-state index is 12.5. The van der Waals surface area contributed by atoms with Crippen LogP contribution in [-0.2, 0) is 16.0 Å². The summed E-state index contributed by atoms with van der Waals surface area (Å²) in [7, 11) is 1.82. The second-order valence-corrected chi connectivity index (χ2v) is 6.09. The lowest BCUT2D eigenvalue weighted by molar-refractivity contribution is -0.150. The van der Waals surface area contributed by atoms with Gasteiger partial charge in [-0.25, -0.2) is 0 Å². The van der Waals surface area contributed by atoms with Crippen LogP contribution >= 0.6 is 11.3 Å². The van der Waals surface area contributed by atoms with Gasteiger partial charge >= 0.3 is 0 Å². The van der Waals surface area contributed by atoms with Crippen LogP contribution in [0.1, 0.15) is 31.7 Å². The van der Waals surface area contributed by atoms with Crippen molar-refractivity contribution in [2.24, 2.45) is 0 Å². The fourth-order valence-electron chi connectivity index (χ4n) is 2.56. The third-order valence-electron chi connectivity index (χ3n) is 3.80. The first-order valence-electron chi connectivity index (χ1n) is 7.19. The van der Waals surface area contributed by atoms with Crippen LogP contribution in [0, 0.1) is 0 Å². The molecule has 20 heavy (non-hydrogen) atoms. The molecule has 1 aliphatic rings. The van der Waals surface area contributed by atoms with Crippen molar-refractivity contribution in [3.8, 4) is 0 Å². The van der Waals surface area contributed by atoms with Gasteiger partial charge in [0.2, 0.25) is 11.8 Å². The van der Waals surface area contributed by atoms with Gasteiger partial charge in [0.25, 0.3) is 0 Å². The van der Waals surface area contributed by atoms with Crippen LogP contribution in [0.3, 0.4) is 0 Å². The Kier molecular flexibility index (Phi) is 5.17. The van der Waals surface area contributed by atoms with Crippen molar-refractivity contribution in [3.05, 3.63) is 22.4 Å². The van der Waals surface area contributed by atoms with Crippen molar-refractivity contribution in [1.29, 1.82) is 0 Å². The maximum absolute atomic E-state index is 12.5. The smallest absolute Gasteiger partial charge is 0.245 e. The molecular formula is C15H22N2O2S. The Morgan fingerprint density at radius 1 is 1.45 bits per heavy atom. The largest absolute Gasteiger partial charge is 0.342 e. The number of carbonyl (C=O) groups is 2. The van der Waals surface area contributed by atoms with Crippen molar-refractivity contribution < 1.29 is 9.59 Å². The molecule has 1 aliphatic heterocycles. The quantitative estimate of drug-likeness (QED) is 0.835. The molecule has 0 radical (unpaired) electrons. The number of hydrogen-bond donors (Lipinski definition) is 0. The molecule has 110 valence electrons. The second kappa shape index (κ2) is 6.88. The molecule has 0 aromatic carbocycles. The molecule has 0 bridgehead atoms. The van der Waals surface area contributed by atoms with Crippen LogP contribution in [0.5, 0.6) is 0 Å². The molecule has 1 aromatic rings. The molecule has 2 rings (SSSR count). The lowest BCUT2D eigenvalue weighted by Gasteiger charge is -2.39. The number of piperazine rings is 1. The van der Waals surface area contributed by atoms with Crippen molar-refractivity contribution in [1.82, 2.24) is 9.80 Å². The van der Waals surface area contributed by atoms with E-state index < -0.39 is 0 Å². The molecule has 2 heterocycles. The van der Waals surface area contributed by atoms with E-state index in [9.17, 15) is 9.59 Å². The minimum absolute atomic E-state index is 0.0750. The Morgan fingerprint density at radius 2 is 2.25 bits per heavy atom. The normalized spacial score (nSPS) is 19.5. The summed E-state index contributed by atoms with van der Waals surface area (Å²) < 4.78 is 0. The summed E-state index contributed by atoms with van der Waals surface area (Å²) in [5, 5.41) is 3.98. The summed E-state index contributed by atoms with van der Waals surface area (Å²) in [4.78, 5) is 28.3. The minimum Gasteiger partial charge on any atom is -0.342 e. The van der Waals surface area contributed by atoms with Gasteiger partial charge in [-0.2, -0.15) is 11.3 Å². The highest BCUT2D eigenvalue weighted by molar-refractivity contribution is 7.07. The van der Waals surface area contributed by atoms with E-state index >= 15 is 0 Å². The highest BCUT2D eigenvalue weighted by atomic mass is 32.1. The Balaban J connectivity index is 2.06. The Hall–Kier alpha value is -1.36. The standard InChI is InChI=1S/C15H22N2O2S/c1-3-4-5-13-15(19)16(2)7-8-17(13)14(18)10-12-6-9-20-11-12/h6,9,11,13H,3-5,7-8,10H2,1-2H3/t13-/m0/s1. The van der Waals surface area contributed by atoms with Gasteiger partial charge in [0.1, 0.15) is 6.04 Å². The van der Waals surface area contributed by atoms with Crippen molar-refractivity contribution in [2.75, 3.05) is 20.1 Å². The number of thiophene rings is 1. The zero-order valence-corrected chi connectivity index (χ0v) is 13.0. The van der Waals surface area contributed by atoms with E-state index in [0.717, 1.165) is 24.8 Å². The number of unbranched alkanes of at least 4 members (excludes halogenated alkanes) is 1. The molecule has 1 aromatic heterocycles. The summed E-state index contributed by atoms with van der Waals surface area (Å²) in [6, 6.07) is 1.71. The fraction of sp³-hybridized carbons (Fsp3) is 0.600. The average molecular weight is 294 g/mol. The van der Waals surface area contributed by atoms with Gasteiger partial charge in [0.05, 0.1) is 6.42 Å². The minimum atomic E-state index is -0.264. The van der Waals surface area contributed by atoms with Gasteiger partial charge in [-0.1, -0.05) is 19.8 Å². The molecule has 0 N–H and O–H groups in total. The third kappa shape index (κ3) is 3.39. The monoisotopic (exact) mass is 294 g/mol. The van der Waals surface area contributed by atoms with E-state index in [0.29, 0.717) is 19.5 Å². The summed E-state index contributed by atoms with van der Waals surface area (Å²) in [6.45, 7) is 3.39. The molecule has 0 aliphatic carbocycles. The van der Waals surface area contributed by atoms with Crippen LogP contribution < -0.4 is 0 Å². The van der Waals surface area contributed by atoms with Crippen molar-refractivity contribution in [2.45, 2.75) is 38.6 Å². The second-order valence-electron chi connectivity index (χ2n) is 5.31. The van der Waals surface area contributed by atoms with Crippen molar-refractivity contribution >= 4 is 23.2 Å². The van der Waals surface area contributed by atoms with Gasteiger partial charge in [0, 0.05) is 20.1 Å². The van der Waals surface area contributed by atoms with Crippen LogP contribution in [-0.4, -0.2) is 47.8 Å².